The molecule has 27 heavy (non-hydrogen) atoms. The van der Waals surface area contributed by atoms with Crippen molar-refractivity contribution in [3.05, 3.63) is 35.7 Å². The predicted molar refractivity (Wildman–Crippen MR) is 109 cm³/mol. The Bertz CT molecular complexity index is 943. The minimum atomic E-state index is -0.868. The van der Waals surface area contributed by atoms with E-state index >= 15 is 0 Å². The second-order valence-corrected chi connectivity index (χ2v) is 7.32. The number of hydrogen-bond donors (Lipinski definition) is 4. The lowest BCUT2D eigenvalue weighted by Gasteiger charge is -2.18. The summed E-state index contributed by atoms with van der Waals surface area (Å²) in [5.41, 5.74) is 9.55. The number of hydrogen-bond acceptors (Lipinski definition) is 7. The number of benzene rings is 1. The van der Waals surface area contributed by atoms with Crippen LogP contribution in [0.15, 0.2) is 24.5 Å². The lowest BCUT2D eigenvalue weighted by Crippen LogP contribution is -2.30. The van der Waals surface area contributed by atoms with Crippen molar-refractivity contribution in [2.45, 2.75) is 46.4 Å². The van der Waals surface area contributed by atoms with Crippen molar-refractivity contribution >= 4 is 28.6 Å². The van der Waals surface area contributed by atoms with Crippen molar-refractivity contribution in [2.24, 2.45) is 0 Å². The molecule has 0 atom stereocenters. The minimum Gasteiger partial charge on any atom is -0.398 e. The molecule has 0 aliphatic heterocycles. The molecule has 8 heteroatoms. The molecule has 3 rings (SSSR count). The Hall–Kier alpha value is -2.87. The van der Waals surface area contributed by atoms with E-state index in [-0.39, 0.29) is 0 Å². The van der Waals surface area contributed by atoms with Gasteiger partial charge >= 0.3 is 0 Å². The fourth-order valence-electron chi connectivity index (χ4n) is 2.74. The number of nitrogens with two attached hydrogens (primary N) is 1. The maximum absolute atomic E-state index is 9.97. The van der Waals surface area contributed by atoms with E-state index in [9.17, 15) is 5.11 Å². The second-order valence-electron chi connectivity index (χ2n) is 7.32. The quantitative estimate of drug-likeness (QED) is 0.473. The van der Waals surface area contributed by atoms with Crippen molar-refractivity contribution in [1.82, 2.24) is 19.5 Å². The van der Waals surface area contributed by atoms with Crippen LogP contribution >= 0.6 is 0 Å². The molecule has 0 saturated carbocycles. The van der Waals surface area contributed by atoms with Crippen molar-refractivity contribution in [1.29, 1.82) is 0 Å². The van der Waals surface area contributed by atoms with Gasteiger partial charge in [0.25, 0.3) is 0 Å². The Balaban J connectivity index is 1.92. The number of rotatable bonds is 7. The van der Waals surface area contributed by atoms with E-state index in [1.807, 2.05) is 30.5 Å². The van der Waals surface area contributed by atoms with E-state index in [1.165, 1.54) is 0 Å². The van der Waals surface area contributed by atoms with Gasteiger partial charge in [-0.2, -0.15) is 9.97 Å². The average Bonchev–Trinajstić information content (AvgIpc) is 3.03. The lowest BCUT2D eigenvalue weighted by molar-refractivity contribution is 0.0943. The SMILES string of the molecule is CCn1cnc2c(NCc3cc(C)ccc3N)nc(NCC(C)(C)O)nc21. The first kappa shape index (κ1) is 18.9. The van der Waals surface area contributed by atoms with Crippen LogP contribution in [0.1, 0.15) is 31.9 Å². The third-order valence-electron chi connectivity index (χ3n) is 4.23. The zero-order valence-electron chi connectivity index (χ0n) is 16.2. The van der Waals surface area contributed by atoms with E-state index < -0.39 is 5.60 Å². The lowest BCUT2D eigenvalue weighted by atomic mass is 10.1. The third-order valence-corrected chi connectivity index (χ3v) is 4.23. The monoisotopic (exact) mass is 369 g/mol. The normalized spacial score (nSPS) is 11.7. The Morgan fingerprint density at radius 1 is 1.22 bits per heavy atom. The summed E-state index contributed by atoms with van der Waals surface area (Å²) in [6.45, 7) is 9.15. The molecule has 2 aromatic heterocycles. The summed E-state index contributed by atoms with van der Waals surface area (Å²) in [5, 5.41) is 16.4. The first-order valence-electron chi connectivity index (χ1n) is 9.05. The van der Waals surface area contributed by atoms with Crippen LogP contribution in [-0.2, 0) is 13.1 Å². The maximum atomic E-state index is 9.97. The van der Waals surface area contributed by atoms with Gasteiger partial charge in [0.2, 0.25) is 5.95 Å². The van der Waals surface area contributed by atoms with Gasteiger partial charge in [-0.25, -0.2) is 4.98 Å². The summed E-state index contributed by atoms with van der Waals surface area (Å²) in [5.74, 6) is 1.07. The van der Waals surface area contributed by atoms with Crippen molar-refractivity contribution in [2.75, 3.05) is 22.9 Å². The van der Waals surface area contributed by atoms with Gasteiger partial charge in [-0.05, 0) is 39.3 Å². The minimum absolute atomic E-state index is 0.336. The summed E-state index contributed by atoms with van der Waals surface area (Å²) in [7, 11) is 0. The van der Waals surface area contributed by atoms with Crippen LogP contribution in [0.5, 0.6) is 0 Å². The standard InChI is InChI=1S/C19H27N7O/c1-5-26-11-23-15-16(21-9-13-8-12(2)6-7-14(13)20)24-18(25-17(15)26)22-10-19(3,4)27/h6-8,11,27H,5,9-10,20H2,1-4H3,(H2,21,22,24,25). The first-order chi connectivity index (χ1) is 12.8. The molecule has 2 heterocycles. The fourth-order valence-corrected chi connectivity index (χ4v) is 2.74. The molecule has 0 aliphatic carbocycles. The molecule has 0 bridgehead atoms. The largest absolute Gasteiger partial charge is 0.398 e. The molecule has 0 saturated heterocycles. The molecule has 3 aromatic rings. The number of aromatic nitrogens is 4. The molecular weight excluding hydrogens is 342 g/mol. The van der Waals surface area contributed by atoms with Gasteiger partial charge in [-0.1, -0.05) is 17.7 Å². The van der Waals surface area contributed by atoms with Gasteiger partial charge in [-0.15, -0.1) is 0 Å². The summed E-state index contributed by atoms with van der Waals surface area (Å²) in [6.07, 6.45) is 1.76. The average molecular weight is 369 g/mol. The van der Waals surface area contributed by atoms with Gasteiger partial charge < -0.3 is 26.0 Å². The number of anilines is 3. The van der Waals surface area contributed by atoms with E-state index in [0.29, 0.717) is 30.4 Å². The number of nitrogens with one attached hydrogen (secondary N) is 2. The van der Waals surface area contributed by atoms with E-state index in [1.54, 1.807) is 20.2 Å². The molecular formula is C19H27N7O. The molecule has 1 aromatic carbocycles. The van der Waals surface area contributed by atoms with Crippen LogP contribution in [-0.4, -0.2) is 36.8 Å². The number of nitrogens with zero attached hydrogens (tertiary/aromatic N) is 4. The van der Waals surface area contributed by atoms with E-state index in [0.717, 1.165) is 29.0 Å². The molecule has 5 N–H and O–H groups in total. The molecule has 0 unspecified atom stereocenters. The summed E-state index contributed by atoms with van der Waals surface area (Å²) in [4.78, 5) is 13.6. The van der Waals surface area contributed by atoms with Gasteiger partial charge in [0, 0.05) is 25.3 Å². The summed E-state index contributed by atoms with van der Waals surface area (Å²) >= 11 is 0. The number of aliphatic hydroxyl groups is 1. The van der Waals surface area contributed by atoms with Crippen LogP contribution in [0.3, 0.4) is 0 Å². The summed E-state index contributed by atoms with van der Waals surface area (Å²) in [6, 6.07) is 5.95. The molecule has 0 radical (unpaired) electrons. The topological polar surface area (TPSA) is 114 Å². The molecule has 144 valence electrons. The maximum Gasteiger partial charge on any atom is 0.226 e. The van der Waals surface area contributed by atoms with Crippen LogP contribution < -0.4 is 16.4 Å². The summed E-state index contributed by atoms with van der Waals surface area (Å²) < 4.78 is 1.96. The van der Waals surface area contributed by atoms with Crippen LogP contribution in [0.2, 0.25) is 0 Å². The number of fused-ring (bicyclic) bond motifs is 1. The van der Waals surface area contributed by atoms with Crippen LogP contribution in [0, 0.1) is 6.92 Å². The van der Waals surface area contributed by atoms with Crippen molar-refractivity contribution in [3.63, 3.8) is 0 Å². The van der Waals surface area contributed by atoms with Gasteiger partial charge in [0.15, 0.2) is 17.0 Å². The molecule has 0 fully saturated rings. The zero-order chi connectivity index (χ0) is 19.6. The highest BCUT2D eigenvalue weighted by molar-refractivity contribution is 5.84. The first-order valence-corrected chi connectivity index (χ1v) is 9.05. The van der Waals surface area contributed by atoms with E-state index in [4.69, 9.17) is 5.73 Å². The van der Waals surface area contributed by atoms with E-state index in [2.05, 4.69) is 31.7 Å². The highest BCUT2D eigenvalue weighted by Crippen LogP contribution is 2.23. The number of nitrogen functional groups attached to an aromatic ring is 1. The second kappa shape index (κ2) is 7.40. The highest BCUT2D eigenvalue weighted by atomic mass is 16.3. The highest BCUT2D eigenvalue weighted by Gasteiger charge is 2.16. The Labute approximate surface area is 158 Å². The van der Waals surface area contributed by atoms with Crippen molar-refractivity contribution < 1.29 is 5.11 Å². The smallest absolute Gasteiger partial charge is 0.226 e. The Kier molecular flexibility index (Phi) is 5.18. The van der Waals surface area contributed by atoms with Gasteiger partial charge in [0.1, 0.15) is 0 Å². The van der Waals surface area contributed by atoms with Crippen LogP contribution in [0.25, 0.3) is 11.2 Å². The third kappa shape index (κ3) is 4.46. The molecule has 8 nitrogen and oxygen atoms in total. The molecule has 0 amide bonds. The Morgan fingerprint density at radius 3 is 2.70 bits per heavy atom. The number of imidazole rings is 1. The zero-order valence-corrected chi connectivity index (χ0v) is 16.2. The molecule has 0 spiro atoms. The van der Waals surface area contributed by atoms with Gasteiger partial charge in [-0.3, -0.25) is 0 Å². The van der Waals surface area contributed by atoms with Gasteiger partial charge in [0.05, 0.1) is 11.9 Å². The molecule has 0 aliphatic rings. The Morgan fingerprint density at radius 2 is 2.00 bits per heavy atom. The van der Waals surface area contributed by atoms with Crippen LogP contribution in [0.4, 0.5) is 17.5 Å². The fraction of sp³-hybridized carbons (Fsp3) is 0.421. The van der Waals surface area contributed by atoms with Crippen molar-refractivity contribution in [3.8, 4) is 0 Å². The number of aryl methyl sites for hydroxylation is 2. The predicted octanol–water partition coefficient (Wildman–Crippen LogP) is 2.53.